The fraction of sp³-hybridized carbons (Fsp3) is 0.0556. The minimum atomic E-state index is -0.471. The van der Waals surface area contributed by atoms with Crippen LogP contribution >= 0.6 is 0 Å². The second kappa shape index (κ2) is 5.77. The van der Waals surface area contributed by atoms with Gasteiger partial charge in [-0.3, -0.25) is 9.89 Å². The van der Waals surface area contributed by atoms with Gasteiger partial charge in [-0.2, -0.15) is 5.10 Å². The van der Waals surface area contributed by atoms with Gasteiger partial charge in [0.05, 0.1) is 35.7 Å². The molecule has 4 heterocycles. The van der Waals surface area contributed by atoms with E-state index in [2.05, 4.69) is 25.5 Å². The molecule has 0 fully saturated rings. The van der Waals surface area contributed by atoms with Gasteiger partial charge in [-0.1, -0.05) is 17.3 Å². The van der Waals surface area contributed by atoms with Crippen LogP contribution in [0.3, 0.4) is 0 Å². The Balaban J connectivity index is 1.46. The van der Waals surface area contributed by atoms with Crippen LogP contribution in [0.1, 0.15) is 16.1 Å². The number of pyridine rings is 1. The quantitative estimate of drug-likeness (QED) is 0.506. The van der Waals surface area contributed by atoms with Gasteiger partial charge < -0.3 is 10.1 Å². The summed E-state index contributed by atoms with van der Waals surface area (Å²) in [4.78, 5) is 15.9. The number of amides is 1. The lowest BCUT2D eigenvalue weighted by atomic mass is 10.1. The van der Waals surface area contributed by atoms with Crippen molar-refractivity contribution in [2.45, 2.75) is 6.54 Å². The van der Waals surface area contributed by atoms with Crippen LogP contribution in [0, 0.1) is 0 Å². The standard InChI is InChI=1S/C18H14N8O/c19-18(27)11-4-5-17-21-12(8-25(17)7-11)9-26-10-16(23-24-26)13-2-1-3-15-14(13)6-20-22-15/h1-8,10H,9H2,(H2,19,27)(H,20,22). The molecule has 27 heavy (non-hydrogen) atoms. The third-order valence-corrected chi connectivity index (χ3v) is 4.41. The lowest BCUT2D eigenvalue weighted by molar-refractivity contribution is 0.1000. The molecule has 0 aliphatic carbocycles. The maximum Gasteiger partial charge on any atom is 0.250 e. The molecule has 0 saturated heterocycles. The molecule has 0 radical (unpaired) electrons. The molecular formula is C18H14N8O. The summed E-state index contributed by atoms with van der Waals surface area (Å²) in [7, 11) is 0. The van der Waals surface area contributed by atoms with Gasteiger partial charge >= 0.3 is 0 Å². The van der Waals surface area contributed by atoms with Crippen molar-refractivity contribution in [2.24, 2.45) is 5.73 Å². The molecule has 3 N–H and O–H groups in total. The highest BCUT2D eigenvalue weighted by Crippen LogP contribution is 2.25. The van der Waals surface area contributed by atoms with Crippen molar-refractivity contribution >= 4 is 22.5 Å². The second-order valence-corrected chi connectivity index (χ2v) is 6.22. The molecule has 0 aliphatic rings. The number of benzene rings is 1. The number of carbonyl (C=O) groups excluding carboxylic acids is 1. The Bertz CT molecular complexity index is 1300. The first-order valence-electron chi connectivity index (χ1n) is 8.27. The molecule has 1 amide bonds. The molecular weight excluding hydrogens is 344 g/mol. The lowest BCUT2D eigenvalue weighted by Gasteiger charge is -1.97. The highest BCUT2D eigenvalue weighted by molar-refractivity contribution is 5.93. The smallest absolute Gasteiger partial charge is 0.250 e. The molecule has 0 aliphatic heterocycles. The van der Waals surface area contributed by atoms with Gasteiger partial charge in [0.25, 0.3) is 0 Å². The summed E-state index contributed by atoms with van der Waals surface area (Å²) >= 11 is 0. The second-order valence-electron chi connectivity index (χ2n) is 6.22. The van der Waals surface area contributed by atoms with E-state index in [0.717, 1.165) is 33.5 Å². The highest BCUT2D eigenvalue weighted by atomic mass is 16.1. The Labute approximate surface area is 152 Å². The van der Waals surface area contributed by atoms with Crippen molar-refractivity contribution in [1.29, 1.82) is 0 Å². The average molecular weight is 358 g/mol. The van der Waals surface area contributed by atoms with E-state index in [1.54, 1.807) is 33.6 Å². The molecule has 0 unspecified atom stereocenters. The van der Waals surface area contributed by atoms with Crippen LogP contribution in [0.5, 0.6) is 0 Å². The first kappa shape index (κ1) is 15.3. The van der Waals surface area contributed by atoms with Crippen LogP contribution in [0.15, 0.2) is 55.1 Å². The normalized spacial score (nSPS) is 11.4. The summed E-state index contributed by atoms with van der Waals surface area (Å²) in [6.07, 6.45) is 7.17. The maximum absolute atomic E-state index is 11.3. The molecule has 1 aromatic carbocycles. The fourth-order valence-electron chi connectivity index (χ4n) is 3.12. The largest absolute Gasteiger partial charge is 0.366 e. The summed E-state index contributed by atoms with van der Waals surface area (Å²) < 4.78 is 3.50. The number of H-pyrrole nitrogens is 1. The number of nitrogens with two attached hydrogens (primary N) is 1. The number of rotatable bonds is 4. The molecule has 4 aromatic heterocycles. The van der Waals surface area contributed by atoms with E-state index >= 15 is 0 Å². The summed E-state index contributed by atoms with van der Waals surface area (Å²) in [5, 5.41) is 16.5. The minimum Gasteiger partial charge on any atom is -0.366 e. The van der Waals surface area contributed by atoms with E-state index in [0.29, 0.717) is 12.1 Å². The van der Waals surface area contributed by atoms with E-state index in [-0.39, 0.29) is 0 Å². The van der Waals surface area contributed by atoms with E-state index in [4.69, 9.17) is 5.73 Å². The number of aromatic nitrogens is 7. The van der Waals surface area contributed by atoms with Crippen molar-refractivity contribution in [3.63, 3.8) is 0 Å². The Morgan fingerprint density at radius 2 is 2.07 bits per heavy atom. The Morgan fingerprint density at radius 3 is 2.96 bits per heavy atom. The van der Waals surface area contributed by atoms with E-state index < -0.39 is 5.91 Å². The number of hydrogen-bond donors (Lipinski definition) is 2. The first-order chi connectivity index (χ1) is 13.2. The third-order valence-electron chi connectivity index (χ3n) is 4.41. The molecule has 0 spiro atoms. The van der Waals surface area contributed by atoms with Crippen molar-refractivity contribution in [3.05, 3.63) is 66.4 Å². The number of imidazole rings is 1. The molecule has 0 atom stereocenters. The Kier molecular flexibility index (Phi) is 3.26. The van der Waals surface area contributed by atoms with Crippen molar-refractivity contribution in [3.8, 4) is 11.3 Å². The first-order valence-corrected chi connectivity index (χ1v) is 8.27. The number of carbonyl (C=O) groups is 1. The predicted molar refractivity (Wildman–Crippen MR) is 97.9 cm³/mol. The van der Waals surface area contributed by atoms with Gasteiger partial charge in [0, 0.05) is 23.3 Å². The summed E-state index contributed by atoms with van der Waals surface area (Å²) in [6, 6.07) is 9.33. The number of nitrogens with one attached hydrogen (secondary N) is 1. The van der Waals surface area contributed by atoms with Crippen LogP contribution < -0.4 is 5.73 Å². The van der Waals surface area contributed by atoms with Gasteiger partial charge in [-0.15, -0.1) is 5.10 Å². The van der Waals surface area contributed by atoms with Crippen LogP contribution in [0.25, 0.3) is 27.8 Å². The summed E-state index contributed by atoms with van der Waals surface area (Å²) in [6.45, 7) is 0.460. The molecule has 5 rings (SSSR count). The van der Waals surface area contributed by atoms with Gasteiger partial charge in [-0.25, -0.2) is 9.67 Å². The summed E-state index contributed by atoms with van der Waals surface area (Å²) in [5.41, 5.74) is 9.97. The number of aromatic amines is 1. The molecule has 5 aromatic rings. The molecule has 132 valence electrons. The topological polar surface area (TPSA) is 120 Å². The monoisotopic (exact) mass is 358 g/mol. The summed E-state index contributed by atoms with van der Waals surface area (Å²) in [5.74, 6) is -0.471. The van der Waals surface area contributed by atoms with E-state index in [1.807, 2.05) is 30.6 Å². The van der Waals surface area contributed by atoms with Crippen LogP contribution in [0.2, 0.25) is 0 Å². The van der Waals surface area contributed by atoms with Crippen molar-refractivity contribution in [2.75, 3.05) is 0 Å². The van der Waals surface area contributed by atoms with Gasteiger partial charge in [0.2, 0.25) is 5.91 Å². The highest BCUT2D eigenvalue weighted by Gasteiger charge is 2.11. The van der Waals surface area contributed by atoms with E-state index in [1.165, 1.54) is 0 Å². The molecule has 0 saturated carbocycles. The van der Waals surface area contributed by atoms with Gasteiger partial charge in [0.1, 0.15) is 11.3 Å². The maximum atomic E-state index is 11.3. The predicted octanol–water partition coefficient (Wildman–Crippen LogP) is 1.62. The number of hydrogen-bond acceptors (Lipinski definition) is 5. The molecule has 9 nitrogen and oxygen atoms in total. The van der Waals surface area contributed by atoms with Crippen LogP contribution in [-0.2, 0) is 6.54 Å². The van der Waals surface area contributed by atoms with Crippen molar-refractivity contribution in [1.82, 2.24) is 34.6 Å². The third kappa shape index (κ3) is 2.61. The van der Waals surface area contributed by atoms with Crippen LogP contribution in [-0.4, -0.2) is 40.5 Å². The SMILES string of the molecule is NC(=O)c1ccc2nc(Cn3cc(-c4cccc5[nH]ncc45)nn3)cn2c1. The average Bonchev–Trinajstić information content (AvgIpc) is 3.39. The van der Waals surface area contributed by atoms with Gasteiger partial charge in [0.15, 0.2) is 0 Å². The van der Waals surface area contributed by atoms with Crippen molar-refractivity contribution < 1.29 is 4.79 Å². The zero-order valence-corrected chi connectivity index (χ0v) is 14.1. The number of primary amides is 1. The Morgan fingerprint density at radius 1 is 1.15 bits per heavy atom. The number of nitrogens with zero attached hydrogens (tertiary/aromatic N) is 6. The van der Waals surface area contributed by atoms with Gasteiger partial charge in [-0.05, 0) is 18.2 Å². The zero-order valence-electron chi connectivity index (χ0n) is 14.1. The Hall–Kier alpha value is -4.01. The fourth-order valence-corrected chi connectivity index (χ4v) is 3.12. The lowest BCUT2D eigenvalue weighted by Crippen LogP contribution is -2.11. The molecule has 0 bridgehead atoms. The minimum absolute atomic E-state index is 0.433. The van der Waals surface area contributed by atoms with Crippen LogP contribution in [0.4, 0.5) is 0 Å². The molecule has 9 heteroatoms. The van der Waals surface area contributed by atoms with E-state index in [9.17, 15) is 4.79 Å². The number of fused-ring (bicyclic) bond motifs is 2. The zero-order chi connectivity index (χ0) is 18.4.